The Morgan fingerprint density at radius 2 is 2.30 bits per heavy atom. The van der Waals surface area contributed by atoms with E-state index in [9.17, 15) is 14.9 Å². The first kappa shape index (κ1) is 13.6. The molecule has 20 heavy (non-hydrogen) atoms. The van der Waals surface area contributed by atoms with Crippen LogP contribution in [0.2, 0.25) is 0 Å². The fraction of sp³-hybridized carbons (Fsp3) is 0.333. The van der Waals surface area contributed by atoms with Gasteiger partial charge in [0.05, 0.1) is 10.5 Å². The van der Waals surface area contributed by atoms with Gasteiger partial charge in [0.15, 0.2) is 5.56 Å². The van der Waals surface area contributed by atoms with Crippen molar-refractivity contribution in [2.75, 3.05) is 6.61 Å². The molecule has 0 bridgehead atoms. The first-order valence-corrected chi connectivity index (χ1v) is 5.79. The Morgan fingerprint density at radius 3 is 2.80 bits per heavy atom. The molecule has 2 N–H and O–H groups in total. The number of ether oxygens (including phenoxy) is 1. The van der Waals surface area contributed by atoms with Crippen molar-refractivity contribution in [1.29, 1.82) is 5.26 Å². The van der Waals surface area contributed by atoms with Crippen LogP contribution in [0.4, 0.5) is 10.5 Å². The summed E-state index contributed by atoms with van der Waals surface area (Å²) in [5.74, 6) is 0.0835. The summed E-state index contributed by atoms with van der Waals surface area (Å²) in [6.07, 6.45) is 0.123. The van der Waals surface area contributed by atoms with E-state index >= 15 is 0 Å². The van der Waals surface area contributed by atoms with Crippen molar-refractivity contribution in [1.82, 2.24) is 5.32 Å². The van der Waals surface area contributed by atoms with Crippen molar-refractivity contribution in [3.05, 3.63) is 33.9 Å². The van der Waals surface area contributed by atoms with Crippen molar-refractivity contribution >= 4 is 11.8 Å². The number of nitro benzene ring substituents is 1. The second-order valence-electron chi connectivity index (χ2n) is 4.52. The van der Waals surface area contributed by atoms with Crippen LogP contribution < -0.4 is 10.1 Å². The number of nitro groups is 1. The van der Waals surface area contributed by atoms with Crippen LogP contribution in [0.15, 0.2) is 18.2 Å². The van der Waals surface area contributed by atoms with Gasteiger partial charge in [-0.1, -0.05) is 6.07 Å². The van der Waals surface area contributed by atoms with E-state index in [0.29, 0.717) is 12.8 Å². The molecule has 1 aromatic carbocycles. The Kier molecular flexibility index (Phi) is 3.43. The van der Waals surface area contributed by atoms with Gasteiger partial charge >= 0.3 is 6.09 Å². The van der Waals surface area contributed by atoms with Crippen molar-refractivity contribution in [2.45, 2.75) is 18.4 Å². The third kappa shape index (κ3) is 2.77. The molecular formula is C12H11N3O5. The summed E-state index contributed by atoms with van der Waals surface area (Å²) in [6.45, 7) is 0.0369. The van der Waals surface area contributed by atoms with E-state index in [2.05, 4.69) is 5.32 Å². The molecular weight excluding hydrogens is 266 g/mol. The van der Waals surface area contributed by atoms with E-state index in [1.54, 1.807) is 6.07 Å². The molecule has 1 saturated carbocycles. The standard InChI is InChI=1S/C12H11N3O5/c13-6-8-9(15(18)19)2-1-3-10(8)20-7-12(4-5-12)14-11(16)17/h1-3,14H,4-5,7H2,(H,16,17). The minimum absolute atomic E-state index is 0.0369. The van der Waals surface area contributed by atoms with Crippen LogP contribution in [-0.2, 0) is 0 Å². The SMILES string of the molecule is N#Cc1c(OCC2(NC(=O)O)CC2)cccc1[N+](=O)[O-]. The highest BCUT2D eigenvalue weighted by atomic mass is 16.6. The highest BCUT2D eigenvalue weighted by molar-refractivity contribution is 5.66. The van der Waals surface area contributed by atoms with Gasteiger partial charge in [-0.05, 0) is 18.9 Å². The van der Waals surface area contributed by atoms with Gasteiger partial charge in [-0.3, -0.25) is 10.1 Å². The maximum absolute atomic E-state index is 10.8. The van der Waals surface area contributed by atoms with E-state index in [1.807, 2.05) is 0 Å². The number of carboxylic acid groups (broad SMARTS) is 1. The minimum atomic E-state index is -1.15. The summed E-state index contributed by atoms with van der Waals surface area (Å²) in [5, 5.41) is 30.8. The van der Waals surface area contributed by atoms with Crippen LogP contribution in [0.3, 0.4) is 0 Å². The zero-order chi connectivity index (χ0) is 14.8. The lowest BCUT2D eigenvalue weighted by atomic mass is 10.2. The van der Waals surface area contributed by atoms with Crippen molar-refractivity contribution in [2.24, 2.45) is 0 Å². The number of amides is 1. The first-order valence-electron chi connectivity index (χ1n) is 5.79. The van der Waals surface area contributed by atoms with Crippen LogP contribution in [0.5, 0.6) is 5.75 Å². The average molecular weight is 277 g/mol. The van der Waals surface area contributed by atoms with Gasteiger partial charge in [0.25, 0.3) is 5.69 Å². The molecule has 0 aromatic heterocycles. The van der Waals surface area contributed by atoms with Crippen LogP contribution >= 0.6 is 0 Å². The van der Waals surface area contributed by atoms with Crippen LogP contribution in [0, 0.1) is 21.4 Å². The molecule has 2 rings (SSSR count). The number of nitrogens with one attached hydrogen (secondary N) is 1. The molecule has 0 spiro atoms. The second kappa shape index (κ2) is 5.05. The smallest absolute Gasteiger partial charge is 0.405 e. The Hall–Kier alpha value is -2.82. The van der Waals surface area contributed by atoms with E-state index in [0.717, 1.165) is 0 Å². The van der Waals surface area contributed by atoms with Crippen LogP contribution in [-0.4, -0.2) is 28.3 Å². The molecule has 1 aromatic rings. The summed E-state index contributed by atoms with van der Waals surface area (Å²) in [5.41, 5.74) is -1.15. The molecule has 1 aliphatic rings. The van der Waals surface area contributed by atoms with Crippen molar-refractivity contribution in [3.8, 4) is 11.8 Å². The third-order valence-electron chi connectivity index (χ3n) is 3.04. The Morgan fingerprint density at radius 1 is 1.60 bits per heavy atom. The van der Waals surface area contributed by atoms with Crippen LogP contribution in [0.25, 0.3) is 0 Å². The number of nitriles is 1. The second-order valence-corrected chi connectivity index (χ2v) is 4.52. The average Bonchev–Trinajstić information content (AvgIpc) is 3.14. The molecule has 104 valence electrons. The molecule has 0 saturated heterocycles. The number of hydrogen-bond donors (Lipinski definition) is 2. The number of carbonyl (C=O) groups is 1. The predicted molar refractivity (Wildman–Crippen MR) is 66.4 cm³/mol. The highest BCUT2D eigenvalue weighted by Crippen LogP contribution is 2.37. The molecule has 8 heteroatoms. The van der Waals surface area contributed by atoms with Gasteiger partial charge in [0.2, 0.25) is 0 Å². The van der Waals surface area contributed by atoms with E-state index in [4.69, 9.17) is 15.1 Å². The van der Waals surface area contributed by atoms with Gasteiger partial charge in [0, 0.05) is 6.07 Å². The minimum Gasteiger partial charge on any atom is -0.489 e. The monoisotopic (exact) mass is 277 g/mol. The molecule has 1 aliphatic carbocycles. The third-order valence-corrected chi connectivity index (χ3v) is 3.04. The van der Waals surface area contributed by atoms with Gasteiger partial charge in [-0.15, -0.1) is 0 Å². The zero-order valence-corrected chi connectivity index (χ0v) is 10.3. The molecule has 0 unspecified atom stereocenters. The fourth-order valence-electron chi connectivity index (χ4n) is 1.80. The van der Waals surface area contributed by atoms with Gasteiger partial charge < -0.3 is 15.2 Å². The zero-order valence-electron chi connectivity index (χ0n) is 10.3. The molecule has 0 atom stereocenters. The lowest BCUT2D eigenvalue weighted by Gasteiger charge is -2.16. The summed E-state index contributed by atoms with van der Waals surface area (Å²) in [6, 6.07) is 5.82. The number of benzene rings is 1. The largest absolute Gasteiger partial charge is 0.489 e. The molecule has 1 amide bonds. The van der Waals surface area contributed by atoms with E-state index < -0.39 is 16.6 Å². The summed E-state index contributed by atoms with van der Waals surface area (Å²) < 4.78 is 5.39. The van der Waals surface area contributed by atoms with E-state index in [1.165, 1.54) is 18.2 Å². The van der Waals surface area contributed by atoms with Crippen molar-refractivity contribution < 1.29 is 19.6 Å². The predicted octanol–water partition coefficient (Wildman–Crippen LogP) is 1.65. The maximum atomic E-state index is 10.8. The highest BCUT2D eigenvalue weighted by Gasteiger charge is 2.45. The normalized spacial score (nSPS) is 14.9. The number of nitrogens with zero attached hydrogens (tertiary/aromatic N) is 2. The topological polar surface area (TPSA) is 125 Å². The Bertz CT molecular complexity index is 604. The first-order chi connectivity index (χ1) is 9.47. The van der Waals surface area contributed by atoms with Gasteiger partial charge in [-0.2, -0.15) is 5.26 Å². The number of hydrogen-bond acceptors (Lipinski definition) is 5. The number of rotatable bonds is 5. The molecule has 8 nitrogen and oxygen atoms in total. The van der Waals surface area contributed by atoms with Gasteiger partial charge in [0.1, 0.15) is 18.4 Å². The van der Waals surface area contributed by atoms with E-state index in [-0.39, 0.29) is 23.6 Å². The molecule has 1 fully saturated rings. The van der Waals surface area contributed by atoms with Crippen LogP contribution in [0.1, 0.15) is 18.4 Å². The molecule has 0 radical (unpaired) electrons. The lowest BCUT2D eigenvalue weighted by molar-refractivity contribution is -0.385. The fourth-order valence-corrected chi connectivity index (χ4v) is 1.80. The molecule has 0 heterocycles. The molecule has 0 aliphatic heterocycles. The Balaban J connectivity index is 2.15. The quantitative estimate of drug-likeness (QED) is 0.622. The van der Waals surface area contributed by atoms with Crippen molar-refractivity contribution in [3.63, 3.8) is 0 Å². The summed E-state index contributed by atoms with van der Waals surface area (Å²) in [4.78, 5) is 20.8. The maximum Gasteiger partial charge on any atom is 0.405 e. The Labute approximate surface area is 113 Å². The lowest BCUT2D eigenvalue weighted by Crippen LogP contribution is -2.40. The summed E-state index contributed by atoms with van der Waals surface area (Å²) in [7, 11) is 0. The van der Waals surface area contributed by atoms with Gasteiger partial charge in [-0.25, -0.2) is 4.79 Å². The summed E-state index contributed by atoms with van der Waals surface area (Å²) >= 11 is 0.